The second-order valence-electron chi connectivity index (χ2n) is 10.8. The molecule has 1 fully saturated rings. The smallest absolute Gasteiger partial charge is 0.119 e. The molecule has 4 aromatic rings. The SMILES string of the molecule is OCc1cc(COCc2ccccc2COC2CNCCC2c2ccc(OCCCOCc3ccccc3)cc2)ccn1. The van der Waals surface area contributed by atoms with Crippen molar-refractivity contribution in [3.63, 3.8) is 0 Å². The molecule has 0 bridgehead atoms. The molecular weight excluding hydrogens is 540 g/mol. The number of aromatic nitrogens is 1. The lowest BCUT2D eigenvalue weighted by atomic mass is 9.87. The van der Waals surface area contributed by atoms with E-state index in [0.29, 0.717) is 51.3 Å². The third-order valence-corrected chi connectivity index (χ3v) is 7.69. The minimum Gasteiger partial charge on any atom is -0.494 e. The van der Waals surface area contributed by atoms with Crippen LogP contribution in [0.1, 0.15) is 52.3 Å². The van der Waals surface area contributed by atoms with Crippen molar-refractivity contribution in [2.45, 2.75) is 57.9 Å². The van der Waals surface area contributed by atoms with Gasteiger partial charge in [-0.05, 0) is 65.0 Å². The van der Waals surface area contributed by atoms with Gasteiger partial charge in [-0.25, -0.2) is 0 Å². The number of aliphatic hydroxyl groups excluding tert-OH is 1. The molecule has 226 valence electrons. The van der Waals surface area contributed by atoms with Crippen LogP contribution in [0.3, 0.4) is 0 Å². The largest absolute Gasteiger partial charge is 0.494 e. The Kier molecular flexibility index (Phi) is 12.1. The zero-order valence-electron chi connectivity index (χ0n) is 24.7. The monoisotopic (exact) mass is 582 g/mol. The Morgan fingerprint density at radius 2 is 1.53 bits per heavy atom. The van der Waals surface area contributed by atoms with E-state index in [1.807, 2.05) is 42.5 Å². The molecule has 1 saturated heterocycles. The lowest BCUT2D eigenvalue weighted by Gasteiger charge is -2.33. The van der Waals surface area contributed by atoms with E-state index >= 15 is 0 Å². The number of piperidine rings is 1. The molecule has 0 saturated carbocycles. The normalized spacial score (nSPS) is 16.7. The van der Waals surface area contributed by atoms with E-state index in [1.54, 1.807) is 6.20 Å². The van der Waals surface area contributed by atoms with Crippen molar-refractivity contribution in [2.24, 2.45) is 0 Å². The molecule has 2 unspecified atom stereocenters. The highest BCUT2D eigenvalue weighted by molar-refractivity contribution is 5.31. The number of aliphatic hydroxyl groups is 1. The summed E-state index contributed by atoms with van der Waals surface area (Å²) in [5, 5.41) is 12.8. The predicted molar refractivity (Wildman–Crippen MR) is 167 cm³/mol. The highest BCUT2D eigenvalue weighted by atomic mass is 16.5. The van der Waals surface area contributed by atoms with Gasteiger partial charge in [-0.15, -0.1) is 0 Å². The first-order valence-corrected chi connectivity index (χ1v) is 15.1. The van der Waals surface area contributed by atoms with Crippen molar-refractivity contribution < 1.29 is 24.1 Å². The number of benzene rings is 3. The lowest BCUT2D eigenvalue weighted by Crippen LogP contribution is -2.41. The van der Waals surface area contributed by atoms with Crippen LogP contribution in [0.5, 0.6) is 5.75 Å². The van der Waals surface area contributed by atoms with E-state index in [1.165, 1.54) is 11.1 Å². The minimum absolute atomic E-state index is 0.0741. The van der Waals surface area contributed by atoms with Crippen LogP contribution in [0.25, 0.3) is 0 Å². The van der Waals surface area contributed by atoms with Crippen molar-refractivity contribution in [1.82, 2.24) is 10.3 Å². The molecule has 2 atom stereocenters. The summed E-state index contributed by atoms with van der Waals surface area (Å²) in [5.74, 6) is 1.20. The minimum atomic E-state index is -0.0747. The number of hydrogen-bond donors (Lipinski definition) is 2. The summed E-state index contributed by atoms with van der Waals surface area (Å²) in [6, 6.07) is 30.8. The number of pyridine rings is 1. The summed E-state index contributed by atoms with van der Waals surface area (Å²) >= 11 is 0. The molecule has 0 aliphatic carbocycles. The van der Waals surface area contributed by atoms with E-state index in [-0.39, 0.29) is 12.7 Å². The molecule has 7 nitrogen and oxygen atoms in total. The van der Waals surface area contributed by atoms with Gasteiger partial charge in [0.25, 0.3) is 0 Å². The fourth-order valence-electron chi connectivity index (χ4n) is 5.33. The van der Waals surface area contributed by atoms with E-state index in [9.17, 15) is 5.11 Å². The molecule has 1 aliphatic rings. The fourth-order valence-corrected chi connectivity index (χ4v) is 5.33. The van der Waals surface area contributed by atoms with E-state index in [0.717, 1.165) is 48.4 Å². The van der Waals surface area contributed by atoms with Gasteiger partial charge in [-0.1, -0.05) is 66.7 Å². The molecule has 0 radical (unpaired) electrons. The molecule has 1 aromatic heterocycles. The molecule has 1 aliphatic heterocycles. The average molecular weight is 583 g/mol. The Bertz CT molecular complexity index is 1370. The van der Waals surface area contributed by atoms with Crippen LogP contribution >= 0.6 is 0 Å². The number of rotatable bonds is 16. The zero-order chi connectivity index (χ0) is 29.5. The molecule has 0 spiro atoms. The standard InChI is InChI=1S/C36H42N2O5/c39-23-33-21-29(15-18-38-33)25-41-26-31-9-4-5-10-32(31)27-43-36-22-37-17-16-35(36)30-11-13-34(14-12-30)42-20-6-19-40-24-28-7-2-1-3-8-28/h1-5,7-15,18,21,35-37,39H,6,16-17,19-20,22-27H2. The van der Waals surface area contributed by atoms with Crippen LogP contribution in [0.4, 0.5) is 0 Å². The van der Waals surface area contributed by atoms with Crippen molar-refractivity contribution in [2.75, 3.05) is 26.3 Å². The van der Waals surface area contributed by atoms with Crippen LogP contribution in [0.15, 0.2) is 97.2 Å². The summed E-state index contributed by atoms with van der Waals surface area (Å²) < 4.78 is 24.3. The first kappa shape index (κ1) is 30.9. The topological polar surface area (TPSA) is 82.1 Å². The molecule has 7 heteroatoms. The van der Waals surface area contributed by atoms with E-state index in [4.69, 9.17) is 18.9 Å². The Morgan fingerprint density at radius 1 is 0.767 bits per heavy atom. The van der Waals surface area contributed by atoms with Gasteiger partial charge in [0.2, 0.25) is 0 Å². The molecular formula is C36H42N2O5. The quantitative estimate of drug-likeness (QED) is 0.158. The van der Waals surface area contributed by atoms with E-state index in [2.05, 4.69) is 58.8 Å². The number of hydrogen-bond acceptors (Lipinski definition) is 7. The highest BCUT2D eigenvalue weighted by Gasteiger charge is 2.27. The molecule has 2 N–H and O–H groups in total. The maximum absolute atomic E-state index is 9.32. The van der Waals surface area contributed by atoms with Crippen LogP contribution in [-0.2, 0) is 47.2 Å². The zero-order valence-corrected chi connectivity index (χ0v) is 24.7. The summed E-state index contributed by atoms with van der Waals surface area (Å²) in [6.07, 6.45) is 3.65. The lowest BCUT2D eigenvalue weighted by molar-refractivity contribution is 0.00932. The van der Waals surface area contributed by atoms with Crippen molar-refractivity contribution >= 4 is 0 Å². The van der Waals surface area contributed by atoms with Crippen molar-refractivity contribution in [1.29, 1.82) is 0 Å². The Balaban J connectivity index is 1.07. The second-order valence-corrected chi connectivity index (χ2v) is 10.8. The van der Waals surface area contributed by atoms with Gasteiger partial charge in [0.05, 0.1) is 58.0 Å². The van der Waals surface area contributed by atoms with Crippen LogP contribution < -0.4 is 10.1 Å². The molecule has 5 rings (SSSR count). The maximum Gasteiger partial charge on any atom is 0.119 e. The maximum atomic E-state index is 9.32. The predicted octanol–water partition coefficient (Wildman–Crippen LogP) is 5.94. The highest BCUT2D eigenvalue weighted by Crippen LogP contribution is 2.30. The Morgan fingerprint density at radius 3 is 2.35 bits per heavy atom. The number of ether oxygens (including phenoxy) is 4. The third-order valence-electron chi connectivity index (χ3n) is 7.69. The third kappa shape index (κ3) is 9.71. The van der Waals surface area contributed by atoms with Gasteiger partial charge in [-0.3, -0.25) is 4.98 Å². The van der Waals surface area contributed by atoms with Gasteiger partial charge < -0.3 is 29.4 Å². The van der Waals surface area contributed by atoms with Crippen molar-refractivity contribution in [3.8, 4) is 5.75 Å². The molecule has 43 heavy (non-hydrogen) atoms. The van der Waals surface area contributed by atoms with Gasteiger partial charge >= 0.3 is 0 Å². The number of nitrogens with one attached hydrogen (secondary N) is 1. The summed E-state index contributed by atoms with van der Waals surface area (Å²) in [4.78, 5) is 4.13. The first-order valence-electron chi connectivity index (χ1n) is 15.1. The Hall–Kier alpha value is -3.59. The molecule has 3 aromatic carbocycles. The molecule has 0 amide bonds. The van der Waals surface area contributed by atoms with Crippen LogP contribution in [-0.4, -0.2) is 42.5 Å². The van der Waals surface area contributed by atoms with Crippen LogP contribution in [0.2, 0.25) is 0 Å². The van der Waals surface area contributed by atoms with Gasteiger partial charge in [0.15, 0.2) is 0 Å². The van der Waals surface area contributed by atoms with Crippen molar-refractivity contribution in [3.05, 3.63) is 131 Å². The first-order chi connectivity index (χ1) is 21.3. The number of nitrogens with zero attached hydrogens (tertiary/aromatic N) is 1. The average Bonchev–Trinajstić information content (AvgIpc) is 3.07. The fraction of sp³-hybridized carbons (Fsp3) is 0.361. The summed E-state index contributed by atoms with van der Waals surface area (Å²) in [5.41, 5.74) is 6.36. The molecule has 2 heterocycles. The van der Waals surface area contributed by atoms with Gasteiger partial charge in [0.1, 0.15) is 5.75 Å². The second kappa shape index (κ2) is 16.9. The summed E-state index contributed by atoms with van der Waals surface area (Å²) in [7, 11) is 0. The van der Waals surface area contributed by atoms with Gasteiger partial charge in [0, 0.05) is 25.1 Å². The van der Waals surface area contributed by atoms with Crippen LogP contribution in [0, 0.1) is 0 Å². The summed E-state index contributed by atoms with van der Waals surface area (Å²) in [6.45, 7) is 5.13. The Labute approximate surface area is 254 Å². The van der Waals surface area contributed by atoms with E-state index < -0.39 is 0 Å². The van der Waals surface area contributed by atoms with Gasteiger partial charge in [-0.2, -0.15) is 0 Å².